The van der Waals surface area contributed by atoms with Crippen LogP contribution in [0.4, 0.5) is 0 Å². The third kappa shape index (κ3) is 4.26. The predicted octanol–water partition coefficient (Wildman–Crippen LogP) is 13.8. The molecule has 0 fully saturated rings. The molecule has 0 saturated heterocycles. The molecule has 12 rings (SSSR count). The topological polar surface area (TPSA) is 14.8 Å². The SMILES string of the molecule is c1ccc(-n2c3ccccc3c3c(-c4ccc(-n5c6ccccc6c6c7c8ccccc8n(-c8cccc9ccccc89)c7ccc65)cc4)cccc32)cc1. The highest BCUT2D eigenvalue weighted by Gasteiger charge is 2.21. The zero-order valence-electron chi connectivity index (χ0n) is 29.9. The highest BCUT2D eigenvalue weighted by molar-refractivity contribution is 6.29. The normalized spacial score (nSPS) is 12.0. The van der Waals surface area contributed by atoms with Gasteiger partial charge in [-0.25, -0.2) is 0 Å². The molecule has 3 heterocycles. The molecule has 0 amide bonds. The van der Waals surface area contributed by atoms with Crippen LogP contribution in [-0.4, -0.2) is 13.7 Å². The first-order valence-electron chi connectivity index (χ1n) is 19.0. The van der Waals surface area contributed by atoms with Crippen molar-refractivity contribution in [1.82, 2.24) is 13.7 Å². The van der Waals surface area contributed by atoms with Gasteiger partial charge in [-0.05, 0) is 83.2 Å². The van der Waals surface area contributed by atoms with E-state index in [0.717, 1.165) is 5.69 Å². The van der Waals surface area contributed by atoms with Crippen molar-refractivity contribution in [3.63, 3.8) is 0 Å². The number of nitrogens with zero attached hydrogens (tertiary/aromatic N) is 3. The molecular weight excluding hydrogens is 667 g/mol. The molecule has 55 heavy (non-hydrogen) atoms. The zero-order chi connectivity index (χ0) is 36.0. The van der Waals surface area contributed by atoms with E-state index in [2.05, 4.69) is 214 Å². The van der Waals surface area contributed by atoms with Crippen LogP contribution in [0.15, 0.2) is 200 Å². The van der Waals surface area contributed by atoms with Gasteiger partial charge in [0.05, 0.1) is 38.8 Å². The lowest BCUT2D eigenvalue weighted by atomic mass is 9.99. The van der Waals surface area contributed by atoms with Gasteiger partial charge in [-0.15, -0.1) is 0 Å². The lowest BCUT2D eigenvalue weighted by Crippen LogP contribution is -1.96. The minimum absolute atomic E-state index is 1.14. The molecule has 0 radical (unpaired) electrons. The molecule has 3 aromatic heterocycles. The van der Waals surface area contributed by atoms with Crippen molar-refractivity contribution >= 4 is 76.2 Å². The number of hydrogen-bond donors (Lipinski definition) is 0. The van der Waals surface area contributed by atoms with Gasteiger partial charge in [-0.1, -0.05) is 133 Å². The van der Waals surface area contributed by atoms with E-state index in [1.807, 2.05) is 0 Å². The summed E-state index contributed by atoms with van der Waals surface area (Å²) in [6.07, 6.45) is 0. The average Bonchev–Trinajstić information content (AvgIpc) is 3.89. The van der Waals surface area contributed by atoms with Crippen molar-refractivity contribution < 1.29 is 0 Å². The summed E-state index contributed by atoms with van der Waals surface area (Å²) in [5.41, 5.74) is 13.2. The third-order valence-corrected chi connectivity index (χ3v) is 11.6. The summed E-state index contributed by atoms with van der Waals surface area (Å²) in [4.78, 5) is 0. The fraction of sp³-hybridized carbons (Fsp3) is 0. The van der Waals surface area contributed by atoms with Crippen LogP contribution in [0, 0.1) is 0 Å². The van der Waals surface area contributed by atoms with E-state index in [4.69, 9.17) is 0 Å². The Labute approximate surface area is 317 Å². The number of hydrogen-bond acceptors (Lipinski definition) is 0. The summed E-state index contributed by atoms with van der Waals surface area (Å²) >= 11 is 0. The molecule has 256 valence electrons. The molecule has 0 bridgehead atoms. The smallest absolute Gasteiger partial charge is 0.0549 e. The zero-order valence-corrected chi connectivity index (χ0v) is 29.9. The van der Waals surface area contributed by atoms with Gasteiger partial charge in [0.15, 0.2) is 0 Å². The van der Waals surface area contributed by atoms with E-state index in [1.165, 1.54) is 98.7 Å². The Balaban J connectivity index is 1.08. The summed E-state index contributed by atoms with van der Waals surface area (Å²) < 4.78 is 7.29. The third-order valence-electron chi connectivity index (χ3n) is 11.6. The van der Waals surface area contributed by atoms with Crippen LogP contribution in [0.5, 0.6) is 0 Å². The van der Waals surface area contributed by atoms with Crippen molar-refractivity contribution in [2.24, 2.45) is 0 Å². The molecule has 0 saturated carbocycles. The summed E-state index contributed by atoms with van der Waals surface area (Å²) in [6.45, 7) is 0. The summed E-state index contributed by atoms with van der Waals surface area (Å²) in [7, 11) is 0. The van der Waals surface area contributed by atoms with Gasteiger partial charge in [0, 0.05) is 49.1 Å². The van der Waals surface area contributed by atoms with Crippen molar-refractivity contribution in [3.05, 3.63) is 200 Å². The van der Waals surface area contributed by atoms with Gasteiger partial charge in [0.2, 0.25) is 0 Å². The molecule has 0 aliphatic carbocycles. The Morgan fingerprint density at radius 2 is 0.709 bits per heavy atom. The van der Waals surface area contributed by atoms with E-state index in [-0.39, 0.29) is 0 Å². The number of aromatic nitrogens is 3. The Morgan fingerprint density at radius 1 is 0.255 bits per heavy atom. The summed E-state index contributed by atoms with van der Waals surface area (Å²) in [6, 6.07) is 73.1. The van der Waals surface area contributed by atoms with Crippen molar-refractivity contribution in [1.29, 1.82) is 0 Å². The van der Waals surface area contributed by atoms with Crippen LogP contribution in [0.3, 0.4) is 0 Å². The number of fused-ring (bicyclic) bond motifs is 11. The molecule has 0 unspecified atom stereocenters. The summed E-state index contributed by atoms with van der Waals surface area (Å²) in [5, 5.41) is 10.1. The maximum absolute atomic E-state index is 2.46. The van der Waals surface area contributed by atoms with Crippen LogP contribution in [0.1, 0.15) is 0 Å². The fourth-order valence-electron chi connectivity index (χ4n) is 9.36. The van der Waals surface area contributed by atoms with Gasteiger partial charge in [-0.2, -0.15) is 0 Å². The quantitative estimate of drug-likeness (QED) is 0.174. The van der Waals surface area contributed by atoms with Gasteiger partial charge in [-0.3, -0.25) is 0 Å². The minimum Gasteiger partial charge on any atom is -0.309 e. The Bertz CT molecular complexity index is 3460. The van der Waals surface area contributed by atoms with Crippen LogP contribution in [0.25, 0.3) is 104 Å². The molecule has 0 N–H and O–H groups in total. The van der Waals surface area contributed by atoms with E-state index in [1.54, 1.807) is 0 Å². The van der Waals surface area contributed by atoms with E-state index in [9.17, 15) is 0 Å². The number of benzene rings is 9. The molecule has 12 aromatic rings. The van der Waals surface area contributed by atoms with Crippen molar-refractivity contribution in [2.45, 2.75) is 0 Å². The van der Waals surface area contributed by atoms with Gasteiger partial charge in [0.25, 0.3) is 0 Å². The van der Waals surface area contributed by atoms with Crippen molar-refractivity contribution in [2.75, 3.05) is 0 Å². The molecule has 0 spiro atoms. The second-order valence-corrected chi connectivity index (χ2v) is 14.5. The second-order valence-electron chi connectivity index (χ2n) is 14.5. The predicted molar refractivity (Wildman–Crippen MR) is 232 cm³/mol. The Morgan fingerprint density at radius 3 is 1.38 bits per heavy atom. The highest BCUT2D eigenvalue weighted by atomic mass is 15.0. The Kier molecular flexibility index (Phi) is 6.34. The van der Waals surface area contributed by atoms with E-state index >= 15 is 0 Å². The molecule has 3 nitrogen and oxygen atoms in total. The van der Waals surface area contributed by atoms with E-state index < -0.39 is 0 Å². The maximum atomic E-state index is 2.46. The van der Waals surface area contributed by atoms with E-state index in [0.29, 0.717) is 0 Å². The largest absolute Gasteiger partial charge is 0.309 e. The van der Waals surface area contributed by atoms with Crippen LogP contribution < -0.4 is 0 Å². The van der Waals surface area contributed by atoms with Crippen molar-refractivity contribution in [3.8, 4) is 28.2 Å². The Hall–Kier alpha value is -7.36. The molecule has 0 atom stereocenters. The van der Waals surface area contributed by atoms with Crippen LogP contribution in [-0.2, 0) is 0 Å². The number of para-hydroxylation sites is 4. The monoisotopic (exact) mass is 699 g/mol. The standard InChI is InChI=1S/C52H33N3/c1-2-16-36(17-3-1)53-44-23-9-6-19-40(44)50-39(22-13-27-47(50)53)35-28-30-37(31-29-35)54-45-24-10-7-20-41(45)51-48(54)32-33-49-52(51)42-21-8-11-25-46(42)55(49)43-26-12-15-34-14-4-5-18-38(34)43/h1-33H. The molecule has 0 aliphatic rings. The van der Waals surface area contributed by atoms with Crippen LogP contribution in [0.2, 0.25) is 0 Å². The second kappa shape index (κ2) is 11.6. The van der Waals surface area contributed by atoms with Gasteiger partial charge >= 0.3 is 0 Å². The van der Waals surface area contributed by atoms with Crippen LogP contribution >= 0.6 is 0 Å². The molecule has 3 heteroatoms. The fourth-order valence-corrected chi connectivity index (χ4v) is 9.36. The lowest BCUT2D eigenvalue weighted by molar-refractivity contribution is 1.18. The number of rotatable bonds is 4. The summed E-state index contributed by atoms with van der Waals surface area (Å²) in [5.74, 6) is 0. The molecule has 9 aromatic carbocycles. The van der Waals surface area contributed by atoms with Gasteiger partial charge in [0.1, 0.15) is 0 Å². The maximum Gasteiger partial charge on any atom is 0.0549 e. The highest BCUT2D eigenvalue weighted by Crippen LogP contribution is 2.44. The minimum atomic E-state index is 1.14. The lowest BCUT2D eigenvalue weighted by Gasteiger charge is -2.12. The molecule has 0 aliphatic heterocycles. The average molecular weight is 700 g/mol. The molecular formula is C52H33N3. The van der Waals surface area contributed by atoms with Gasteiger partial charge < -0.3 is 13.7 Å². The first kappa shape index (κ1) is 30.1. The first-order valence-corrected chi connectivity index (χ1v) is 19.0. The first-order chi connectivity index (χ1) is 27.3.